The lowest BCUT2D eigenvalue weighted by Gasteiger charge is -2.31. The first kappa shape index (κ1) is 35.3. The summed E-state index contributed by atoms with van der Waals surface area (Å²) in [4.78, 5) is 65.0. The molecule has 3 aliphatic rings. The van der Waals surface area contributed by atoms with Crippen LogP contribution in [0.2, 0.25) is 0 Å². The number of carbonyl (C=O) groups is 3. The highest BCUT2D eigenvalue weighted by Gasteiger charge is 2.31. The highest BCUT2D eigenvalue weighted by atomic mass is 16.5. The molecule has 13 heteroatoms. The molecule has 0 aliphatic carbocycles. The third-order valence-electron chi connectivity index (χ3n) is 11.1. The summed E-state index contributed by atoms with van der Waals surface area (Å²) in [5.74, 6) is 5.50. The number of pyridine rings is 2. The SMILES string of the molecule is Cn1c(=O)n(C2CCC(=O)NC2=O)c2cccc(C#CCOC3CCN(Cc4ccc5cc(-c6cc(-c7cc8c([nH]7)CCNC8=O)ccn6)cnc5c4)CC3)c21. The second-order valence-electron chi connectivity index (χ2n) is 14.7. The quantitative estimate of drug-likeness (QED) is 0.162. The average molecular weight is 749 g/mol. The highest BCUT2D eigenvalue weighted by Crippen LogP contribution is 2.29. The third-order valence-corrected chi connectivity index (χ3v) is 11.1. The third kappa shape index (κ3) is 6.78. The topological polar surface area (TPSA) is 156 Å². The molecule has 282 valence electrons. The van der Waals surface area contributed by atoms with Crippen molar-refractivity contribution in [1.82, 2.24) is 39.6 Å². The van der Waals surface area contributed by atoms with Crippen LogP contribution in [0.5, 0.6) is 0 Å². The number of fused-ring (bicyclic) bond motifs is 3. The molecule has 0 spiro atoms. The van der Waals surface area contributed by atoms with Crippen molar-refractivity contribution in [2.24, 2.45) is 7.05 Å². The number of para-hydroxylation sites is 1. The average Bonchev–Trinajstić information content (AvgIpc) is 3.77. The van der Waals surface area contributed by atoms with E-state index in [1.54, 1.807) is 19.3 Å². The van der Waals surface area contributed by atoms with Crippen LogP contribution >= 0.6 is 0 Å². The predicted octanol–water partition coefficient (Wildman–Crippen LogP) is 4.24. The number of ether oxygens (including phenoxy) is 1. The molecule has 56 heavy (non-hydrogen) atoms. The first-order valence-electron chi connectivity index (χ1n) is 19.0. The molecule has 2 fully saturated rings. The maximum atomic E-state index is 13.2. The normalized spacial score (nSPS) is 17.7. The van der Waals surface area contributed by atoms with Crippen LogP contribution in [-0.4, -0.2) is 79.1 Å². The molecular formula is C43H40N8O5. The van der Waals surface area contributed by atoms with Gasteiger partial charge in [-0.3, -0.25) is 43.7 Å². The van der Waals surface area contributed by atoms with Gasteiger partial charge in [-0.05, 0) is 67.3 Å². The minimum Gasteiger partial charge on any atom is -0.365 e. The van der Waals surface area contributed by atoms with Crippen molar-refractivity contribution in [2.75, 3.05) is 26.2 Å². The van der Waals surface area contributed by atoms with Crippen molar-refractivity contribution >= 4 is 39.7 Å². The van der Waals surface area contributed by atoms with Crippen molar-refractivity contribution < 1.29 is 19.1 Å². The van der Waals surface area contributed by atoms with E-state index < -0.39 is 11.9 Å². The number of nitrogens with zero attached hydrogens (tertiary/aromatic N) is 5. The van der Waals surface area contributed by atoms with Gasteiger partial charge < -0.3 is 15.0 Å². The number of likely N-dealkylation sites (tertiary alicyclic amines) is 1. The van der Waals surface area contributed by atoms with Crippen molar-refractivity contribution in [1.29, 1.82) is 0 Å². The van der Waals surface area contributed by atoms with Crippen molar-refractivity contribution in [2.45, 2.75) is 50.8 Å². The van der Waals surface area contributed by atoms with Gasteiger partial charge in [0.1, 0.15) is 12.6 Å². The summed E-state index contributed by atoms with van der Waals surface area (Å²) in [7, 11) is 1.67. The summed E-state index contributed by atoms with van der Waals surface area (Å²) in [6, 6.07) is 19.2. The number of hydrogen-bond acceptors (Lipinski definition) is 8. The van der Waals surface area contributed by atoms with E-state index in [1.165, 1.54) is 14.7 Å². The van der Waals surface area contributed by atoms with Gasteiger partial charge in [0.15, 0.2) is 0 Å². The van der Waals surface area contributed by atoms with Gasteiger partial charge in [0.2, 0.25) is 11.8 Å². The number of piperidine rings is 2. The summed E-state index contributed by atoms with van der Waals surface area (Å²) in [5.41, 5.74) is 9.07. The molecule has 9 rings (SSSR count). The molecule has 2 saturated heterocycles. The molecule has 0 bridgehead atoms. The zero-order valence-electron chi connectivity index (χ0n) is 30.9. The molecule has 4 aromatic heterocycles. The number of carbonyl (C=O) groups excluding carboxylic acids is 3. The molecule has 0 radical (unpaired) electrons. The Labute approximate surface area is 322 Å². The molecular weight excluding hydrogens is 709 g/mol. The fourth-order valence-electron chi connectivity index (χ4n) is 8.16. The number of imide groups is 1. The van der Waals surface area contributed by atoms with Crippen LogP contribution in [0.25, 0.3) is 44.5 Å². The zero-order valence-corrected chi connectivity index (χ0v) is 30.9. The maximum Gasteiger partial charge on any atom is 0.329 e. The molecule has 1 unspecified atom stereocenters. The lowest BCUT2D eigenvalue weighted by atomic mass is 10.0. The van der Waals surface area contributed by atoms with E-state index in [4.69, 9.17) is 9.72 Å². The maximum absolute atomic E-state index is 13.2. The molecule has 6 aromatic rings. The molecule has 2 aromatic carbocycles. The lowest BCUT2D eigenvalue weighted by Crippen LogP contribution is -2.44. The van der Waals surface area contributed by atoms with E-state index in [1.807, 2.05) is 36.5 Å². The van der Waals surface area contributed by atoms with Crippen LogP contribution in [-0.2, 0) is 34.3 Å². The Kier molecular flexibility index (Phi) is 9.28. The summed E-state index contributed by atoms with van der Waals surface area (Å²) in [5, 5.41) is 6.30. The molecule has 3 aliphatic heterocycles. The van der Waals surface area contributed by atoms with Gasteiger partial charge in [-0.15, -0.1) is 0 Å². The fourth-order valence-corrected chi connectivity index (χ4v) is 8.16. The second kappa shape index (κ2) is 14.7. The van der Waals surface area contributed by atoms with E-state index in [2.05, 4.69) is 61.6 Å². The minimum atomic E-state index is -0.740. The fraction of sp³-hybridized carbons (Fsp3) is 0.302. The Morgan fingerprint density at radius 3 is 2.64 bits per heavy atom. The molecule has 1 atom stereocenters. The van der Waals surface area contributed by atoms with Gasteiger partial charge in [-0.25, -0.2) is 4.79 Å². The Morgan fingerprint density at radius 1 is 0.929 bits per heavy atom. The van der Waals surface area contributed by atoms with Gasteiger partial charge in [0.05, 0.1) is 39.5 Å². The number of aromatic amines is 1. The van der Waals surface area contributed by atoms with Crippen LogP contribution < -0.4 is 16.3 Å². The molecule has 3 N–H and O–H groups in total. The second-order valence-corrected chi connectivity index (χ2v) is 14.7. The van der Waals surface area contributed by atoms with E-state index >= 15 is 0 Å². The summed E-state index contributed by atoms with van der Waals surface area (Å²) in [6.45, 7) is 3.56. The Morgan fingerprint density at radius 2 is 1.80 bits per heavy atom. The number of hydrogen-bond donors (Lipinski definition) is 3. The van der Waals surface area contributed by atoms with Gasteiger partial charge in [0, 0.05) is 86.4 Å². The molecule has 7 heterocycles. The number of rotatable bonds is 7. The van der Waals surface area contributed by atoms with Crippen LogP contribution in [0.4, 0.5) is 0 Å². The van der Waals surface area contributed by atoms with Crippen LogP contribution in [0.1, 0.15) is 58.9 Å². The van der Waals surface area contributed by atoms with Gasteiger partial charge >= 0.3 is 5.69 Å². The summed E-state index contributed by atoms with van der Waals surface area (Å²) in [6.07, 6.45) is 6.84. The standard InChI is InChI=1S/C43H40N8O5/c1-49-40-27(4-2-6-37(40)51(43(49)55)38-9-10-39(52)48-42(38)54)5-3-19-56-31-13-17-50(18-14-31)25-26-7-8-28-21-30(24-46-34(28)20-26)35-22-29(11-15-44-35)36-23-32-33(47-36)12-16-45-41(32)53/h2,4,6-8,11,15,20-24,31,38,47H,9-10,12-14,16-19,25H2,1H3,(H,45,53)(H,48,52,54). The highest BCUT2D eigenvalue weighted by molar-refractivity contribution is 6.00. The number of imidazole rings is 1. The van der Waals surface area contributed by atoms with E-state index in [0.717, 1.165) is 78.0 Å². The molecule has 3 amide bonds. The number of nitrogens with one attached hydrogen (secondary N) is 3. The summed E-state index contributed by atoms with van der Waals surface area (Å²) < 4.78 is 9.15. The number of H-pyrrole nitrogens is 1. The first-order chi connectivity index (χ1) is 27.3. The van der Waals surface area contributed by atoms with Crippen LogP contribution in [0, 0.1) is 11.8 Å². The van der Waals surface area contributed by atoms with E-state index in [0.29, 0.717) is 28.7 Å². The number of aryl methyl sites for hydroxylation is 1. The van der Waals surface area contributed by atoms with Gasteiger partial charge in [0.25, 0.3) is 5.91 Å². The molecule has 13 nitrogen and oxygen atoms in total. The van der Waals surface area contributed by atoms with Crippen molar-refractivity contribution in [3.05, 3.63) is 106 Å². The molecule has 0 saturated carbocycles. The Bertz CT molecular complexity index is 2670. The van der Waals surface area contributed by atoms with Gasteiger partial charge in [-0.1, -0.05) is 30.0 Å². The Balaban J connectivity index is 0.800. The predicted molar refractivity (Wildman–Crippen MR) is 211 cm³/mol. The largest absolute Gasteiger partial charge is 0.365 e. The van der Waals surface area contributed by atoms with Crippen LogP contribution in [0.15, 0.2) is 77.9 Å². The lowest BCUT2D eigenvalue weighted by molar-refractivity contribution is -0.135. The number of amides is 3. The van der Waals surface area contributed by atoms with Crippen molar-refractivity contribution in [3.8, 4) is 34.4 Å². The Hall–Kier alpha value is -6.36. The zero-order chi connectivity index (χ0) is 38.3. The van der Waals surface area contributed by atoms with Gasteiger partial charge in [-0.2, -0.15) is 0 Å². The first-order valence-corrected chi connectivity index (χ1v) is 19.0. The number of aromatic nitrogens is 5. The number of benzene rings is 2. The van der Waals surface area contributed by atoms with Crippen molar-refractivity contribution in [3.63, 3.8) is 0 Å². The smallest absolute Gasteiger partial charge is 0.329 e. The minimum absolute atomic E-state index is 0.0382. The van der Waals surface area contributed by atoms with Crippen LogP contribution in [0.3, 0.4) is 0 Å². The monoisotopic (exact) mass is 748 g/mol. The summed E-state index contributed by atoms with van der Waals surface area (Å²) >= 11 is 0. The van der Waals surface area contributed by atoms with E-state index in [9.17, 15) is 19.2 Å². The van der Waals surface area contributed by atoms with E-state index in [-0.39, 0.29) is 43.1 Å².